The van der Waals surface area contributed by atoms with Crippen LogP contribution in [-0.2, 0) is 4.79 Å². The van der Waals surface area contributed by atoms with Crippen LogP contribution in [-0.4, -0.2) is 18.6 Å². The molecule has 0 aliphatic rings. The van der Waals surface area contributed by atoms with Gasteiger partial charge < -0.3 is 14.8 Å². The second kappa shape index (κ2) is 6.64. The third-order valence-corrected chi connectivity index (χ3v) is 3.15. The third kappa shape index (κ3) is 4.18. The van der Waals surface area contributed by atoms with Crippen LogP contribution in [0, 0.1) is 11.6 Å². The first-order chi connectivity index (χ1) is 10.8. The maximum Gasteiger partial charge on any atom is 0.268 e. The minimum atomic E-state index is -1.22. The first-order valence-electron chi connectivity index (χ1n) is 6.91. The minimum absolute atomic E-state index is 0.205. The fourth-order valence-corrected chi connectivity index (χ4v) is 1.88. The standard InChI is InChI=1S/C17H17F2NO3/c1-17(2,23-13-7-4-11(18)5-8-13)16(21)20-14-9-6-12(19)10-15(14)22-3/h4-10H,1-3H3,(H,20,21). The van der Waals surface area contributed by atoms with E-state index in [1.165, 1.54) is 49.6 Å². The second-order valence-electron chi connectivity index (χ2n) is 5.37. The molecule has 0 saturated carbocycles. The molecule has 4 nitrogen and oxygen atoms in total. The van der Waals surface area contributed by atoms with E-state index in [-0.39, 0.29) is 5.75 Å². The largest absolute Gasteiger partial charge is 0.494 e. The summed E-state index contributed by atoms with van der Waals surface area (Å²) in [6.45, 7) is 3.14. The zero-order chi connectivity index (χ0) is 17.0. The van der Waals surface area contributed by atoms with Gasteiger partial charge in [0.05, 0.1) is 12.8 Å². The van der Waals surface area contributed by atoms with Crippen LogP contribution in [0.15, 0.2) is 42.5 Å². The summed E-state index contributed by atoms with van der Waals surface area (Å²) in [5.41, 5.74) is -0.897. The van der Waals surface area contributed by atoms with Gasteiger partial charge in [0.2, 0.25) is 0 Å². The molecule has 0 heterocycles. The van der Waals surface area contributed by atoms with E-state index in [9.17, 15) is 13.6 Å². The molecule has 2 aromatic carbocycles. The molecular formula is C17H17F2NO3. The van der Waals surface area contributed by atoms with Gasteiger partial charge in [-0.15, -0.1) is 0 Å². The monoisotopic (exact) mass is 321 g/mol. The number of hydrogen-bond acceptors (Lipinski definition) is 3. The Morgan fingerprint density at radius 3 is 2.26 bits per heavy atom. The normalized spacial score (nSPS) is 11.0. The Morgan fingerprint density at radius 1 is 1.04 bits per heavy atom. The van der Waals surface area contributed by atoms with Crippen LogP contribution >= 0.6 is 0 Å². The predicted molar refractivity (Wildman–Crippen MR) is 82.7 cm³/mol. The van der Waals surface area contributed by atoms with Crippen LogP contribution in [0.2, 0.25) is 0 Å². The molecule has 0 aliphatic heterocycles. The van der Waals surface area contributed by atoms with Crippen molar-refractivity contribution in [2.24, 2.45) is 0 Å². The SMILES string of the molecule is COc1cc(F)ccc1NC(=O)C(C)(C)Oc1ccc(F)cc1. The van der Waals surface area contributed by atoms with Crippen molar-refractivity contribution in [3.8, 4) is 11.5 Å². The minimum Gasteiger partial charge on any atom is -0.494 e. The lowest BCUT2D eigenvalue weighted by atomic mass is 10.1. The van der Waals surface area contributed by atoms with E-state index < -0.39 is 23.1 Å². The summed E-state index contributed by atoms with van der Waals surface area (Å²) in [4.78, 5) is 12.4. The Kier molecular flexibility index (Phi) is 4.83. The van der Waals surface area contributed by atoms with Crippen molar-refractivity contribution in [3.05, 3.63) is 54.1 Å². The molecule has 1 amide bonds. The summed E-state index contributed by atoms with van der Waals surface area (Å²) in [5, 5.41) is 2.63. The van der Waals surface area contributed by atoms with Crippen molar-refractivity contribution >= 4 is 11.6 Å². The highest BCUT2D eigenvalue weighted by molar-refractivity contribution is 5.98. The number of halogens is 2. The summed E-state index contributed by atoms with van der Waals surface area (Å²) in [6, 6.07) is 9.14. The van der Waals surface area contributed by atoms with Crippen molar-refractivity contribution < 1.29 is 23.0 Å². The highest BCUT2D eigenvalue weighted by atomic mass is 19.1. The van der Waals surface area contributed by atoms with Gasteiger partial charge in [-0.1, -0.05) is 0 Å². The summed E-state index contributed by atoms with van der Waals surface area (Å²) in [5.74, 6) is -0.752. The van der Waals surface area contributed by atoms with Gasteiger partial charge in [0, 0.05) is 6.07 Å². The highest BCUT2D eigenvalue weighted by Gasteiger charge is 2.30. The third-order valence-electron chi connectivity index (χ3n) is 3.15. The molecule has 2 aromatic rings. The van der Waals surface area contributed by atoms with Gasteiger partial charge in [-0.3, -0.25) is 4.79 Å². The topological polar surface area (TPSA) is 47.6 Å². The number of nitrogens with one attached hydrogen (secondary N) is 1. The van der Waals surface area contributed by atoms with Crippen molar-refractivity contribution in [1.82, 2.24) is 0 Å². The van der Waals surface area contributed by atoms with Gasteiger partial charge >= 0.3 is 0 Å². The number of carbonyl (C=O) groups is 1. The van der Waals surface area contributed by atoms with Gasteiger partial charge in [0.15, 0.2) is 5.60 Å². The van der Waals surface area contributed by atoms with Crippen molar-refractivity contribution in [1.29, 1.82) is 0 Å². The van der Waals surface area contributed by atoms with E-state index >= 15 is 0 Å². The lowest BCUT2D eigenvalue weighted by Crippen LogP contribution is -2.42. The number of methoxy groups -OCH3 is 1. The molecule has 6 heteroatoms. The van der Waals surface area contributed by atoms with Crippen LogP contribution in [0.3, 0.4) is 0 Å². The van der Waals surface area contributed by atoms with Gasteiger partial charge in [0.1, 0.15) is 23.1 Å². The summed E-state index contributed by atoms with van der Waals surface area (Å²) in [7, 11) is 1.38. The average molecular weight is 321 g/mol. The summed E-state index contributed by atoms with van der Waals surface area (Å²) >= 11 is 0. The number of benzene rings is 2. The zero-order valence-electron chi connectivity index (χ0n) is 13.0. The second-order valence-corrected chi connectivity index (χ2v) is 5.37. The maximum atomic E-state index is 13.2. The molecule has 0 unspecified atom stereocenters. The van der Waals surface area contributed by atoms with Gasteiger partial charge in [-0.05, 0) is 50.2 Å². The average Bonchev–Trinajstić information content (AvgIpc) is 2.51. The van der Waals surface area contributed by atoms with Crippen LogP contribution in [0.1, 0.15) is 13.8 Å². The van der Waals surface area contributed by atoms with E-state index in [0.717, 1.165) is 0 Å². The van der Waals surface area contributed by atoms with Crippen molar-refractivity contribution in [2.75, 3.05) is 12.4 Å². The molecule has 0 bridgehead atoms. The van der Waals surface area contributed by atoms with Crippen LogP contribution in [0.5, 0.6) is 11.5 Å². The van der Waals surface area contributed by atoms with Crippen molar-refractivity contribution in [2.45, 2.75) is 19.4 Å². The van der Waals surface area contributed by atoms with E-state index in [0.29, 0.717) is 11.4 Å². The van der Waals surface area contributed by atoms with Crippen molar-refractivity contribution in [3.63, 3.8) is 0 Å². The molecule has 122 valence electrons. The number of rotatable bonds is 5. The Morgan fingerprint density at radius 2 is 1.65 bits per heavy atom. The number of amides is 1. The molecule has 0 fully saturated rings. The molecule has 0 atom stereocenters. The molecule has 23 heavy (non-hydrogen) atoms. The van der Waals surface area contributed by atoms with Gasteiger partial charge in [-0.2, -0.15) is 0 Å². The molecule has 0 aromatic heterocycles. The highest BCUT2D eigenvalue weighted by Crippen LogP contribution is 2.27. The molecule has 0 radical (unpaired) electrons. The zero-order valence-corrected chi connectivity index (χ0v) is 13.0. The van der Waals surface area contributed by atoms with Gasteiger partial charge in [0.25, 0.3) is 5.91 Å². The smallest absolute Gasteiger partial charge is 0.268 e. The molecule has 1 N–H and O–H groups in total. The van der Waals surface area contributed by atoms with Crippen LogP contribution in [0.25, 0.3) is 0 Å². The quantitative estimate of drug-likeness (QED) is 0.912. The summed E-state index contributed by atoms with van der Waals surface area (Å²) in [6.07, 6.45) is 0. The summed E-state index contributed by atoms with van der Waals surface area (Å²) < 4.78 is 36.7. The Balaban J connectivity index is 2.13. The molecule has 0 aliphatic carbocycles. The van der Waals surface area contributed by atoms with Crippen LogP contribution < -0.4 is 14.8 Å². The number of carbonyl (C=O) groups excluding carboxylic acids is 1. The van der Waals surface area contributed by atoms with E-state index in [1.54, 1.807) is 13.8 Å². The number of ether oxygens (including phenoxy) is 2. The maximum absolute atomic E-state index is 13.2. The fourth-order valence-electron chi connectivity index (χ4n) is 1.88. The Hall–Kier alpha value is -2.63. The Labute approximate surface area is 133 Å². The van der Waals surface area contributed by atoms with E-state index in [4.69, 9.17) is 9.47 Å². The lowest BCUT2D eigenvalue weighted by molar-refractivity contribution is -0.128. The van der Waals surface area contributed by atoms with Gasteiger partial charge in [-0.25, -0.2) is 8.78 Å². The van der Waals surface area contributed by atoms with E-state index in [2.05, 4.69) is 5.32 Å². The van der Waals surface area contributed by atoms with Crippen LogP contribution in [0.4, 0.5) is 14.5 Å². The number of anilines is 1. The Bertz CT molecular complexity index is 699. The fraction of sp³-hybridized carbons (Fsp3) is 0.235. The molecular weight excluding hydrogens is 304 g/mol. The molecule has 2 rings (SSSR count). The number of hydrogen-bond donors (Lipinski definition) is 1. The first-order valence-corrected chi connectivity index (χ1v) is 6.91. The molecule has 0 saturated heterocycles. The lowest BCUT2D eigenvalue weighted by Gasteiger charge is -2.25. The molecule has 0 spiro atoms. The first kappa shape index (κ1) is 16.7. The predicted octanol–water partition coefficient (Wildman–Crippen LogP) is 3.77. The van der Waals surface area contributed by atoms with E-state index in [1.807, 2.05) is 0 Å².